The van der Waals surface area contributed by atoms with Crippen molar-refractivity contribution in [2.24, 2.45) is 10.9 Å². The van der Waals surface area contributed by atoms with Gasteiger partial charge in [0.25, 0.3) is 5.91 Å². The van der Waals surface area contributed by atoms with Gasteiger partial charge in [0.2, 0.25) is 5.96 Å². The van der Waals surface area contributed by atoms with Crippen molar-refractivity contribution in [2.75, 3.05) is 44.7 Å². The molecule has 23 heavy (non-hydrogen) atoms. The summed E-state index contributed by atoms with van der Waals surface area (Å²) in [6.45, 7) is 10.00. The van der Waals surface area contributed by atoms with E-state index in [1.165, 1.54) is 0 Å². The van der Waals surface area contributed by atoms with Crippen molar-refractivity contribution in [2.45, 2.75) is 20.8 Å². The Morgan fingerprint density at radius 1 is 1.48 bits per heavy atom. The van der Waals surface area contributed by atoms with Crippen LogP contribution in [0.25, 0.3) is 0 Å². The van der Waals surface area contributed by atoms with Crippen LogP contribution in [0.3, 0.4) is 0 Å². The second kappa shape index (κ2) is 8.64. The third-order valence-electron chi connectivity index (χ3n) is 3.33. The topological polar surface area (TPSA) is 94.6 Å². The molecule has 0 bridgehead atoms. The zero-order valence-corrected chi connectivity index (χ0v) is 14.1. The first-order valence-corrected chi connectivity index (χ1v) is 7.97. The molecule has 0 unspecified atom stereocenters. The number of amides is 1. The highest BCUT2D eigenvalue weighted by molar-refractivity contribution is 6.01. The van der Waals surface area contributed by atoms with Crippen LogP contribution in [0.5, 0.6) is 0 Å². The van der Waals surface area contributed by atoms with Gasteiger partial charge in [-0.05, 0) is 12.8 Å². The summed E-state index contributed by atoms with van der Waals surface area (Å²) in [7, 11) is 0. The fraction of sp³-hybridized carbons (Fsp3) is 0.667. The molecule has 1 fully saturated rings. The van der Waals surface area contributed by atoms with Crippen LogP contribution in [0.15, 0.2) is 11.1 Å². The zero-order chi connectivity index (χ0) is 16.7. The lowest BCUT2D eigenvalue weighted by Crippen LogP contribution is -2.40. The van der Waals surface area contributed by atoms with E-state index in [0.717, 1.165) is 25.3 Å². The average molecular weight is 322 g/mol. The third-order valence-corrected chi connectivity index (χ3v) is 3.33. The lowest BCUT2D eigenvalue weighted by atomic mass is 10.2. The Bertz CT molecular complexity index is 534. The first-order valence-electron chi connectivity index (χ1n) is 7.97. The van der Waals surface area contributed by atoms with Gasteiger partial charge in [0, 0.05) is 31.4 Å². The van der Waals surface area contributed by atoms with Crippen LogP contribution in [-0.2, 0) is 9.53 Å². The number of aryl methyl sites for hydroxylation is 1. The maximum atomic E-state index is 12.2. The van der Waals surface area contributed by atoms with Crippen molar-refractivity contribution in [3.05, 3.63) is 11.8 Å². The average Bonchev–Trinajstić information content (AvgIpc) is 2.91. The highest BCUT2D eigenvalue weighted by atomic mass is 16.5. The van der Waals surface area contributed by atoms with Crippen LogP contribution >= 0.6 is 0 Å². The number of carbonyl (C=O) groups is 1. The number of hydrogen-bond acceptors (Lipinski definition) is 4. The minimum Gasteiger partial charge on any atom is -0.379 e. The number of aromatic nitrogens is 2. The minimum atomic E-state index is -0.182. The summed E-state index contributed by atoms with van der Waals surface area (Å²) >= 11 is 0. The molecule has 1 aromatic heterocycles. The number of morpholine rings is 1. The standard InChI is InChI=1S/C15H26N6O2/c1-11(2)9-16-15(17-13-8-12(3)19-20-13)18-14(22)10-21-4-6-23-7-5-21/h8,11H,4-7,9-10H2,1-3H3,(H3,16,17,18,19,20,22). The maximum absolute atomic E-state index is 12.2. The summed E-state index contributed by atoms with van der Waals surface area (Å²) in [6, 6.07) is 1.86. The summed E-state index contributed by atoms with van der Waals surface area (Å²) in [5, 5.41) is 13.2. The molecule has 3 N–H and O–H groups in total. The van der Waals surface area contributed by atoms with Gasteiger partial charge in [-0.15, -0.1) is 0 Å². The van der Waals surface area contributed by atoms with Crippen LogP contribution in [-0.4, -0.2) is 66.4 Å². The summed E-state index contributed by atoms with van der Waals surface area (Å²) in [6.07, 6.45) is 0. The highest BCUT2D eigenvalue weighted by Crippen LogP contribution is 2.04. The van der Waals surface area contributed by atoms with Crippen LogP contribution in [0.1, 0.15) is 19.5 Å². The molecule has 0 saturated carbocycles. The van der Waals surface area contributed by atoms with Gasteiger partial charge < -0.3 is 15.4 Å². The first-order chi connectivity index (χ1) is 11.0. The molecular weight excluding hydrogens is 296 g/mol. The first kappa shape index (κ1) is 17.4. The summed E-state index contributed by atoms with van der Waals surface area (Å²) in [5.74, 6) is 1.33. The number of nitrogens with zero attached hydrogens (tertiary/aromatic N) is 3. The Labute approximate surface area is 136 Å². The Balaban J connectivity index is 1.96. The lowest BCUT2D eigenvalue weighted by molar-refractivity contribution is -0.119. The van der Waals surface area contributed by atoms with E-state index in [1.54, 1.807) is 0 Å². The molecule has 8 nitrogen and oxygen atoms in total. The smallest absolute Gasteiger partial charge is 0.263 e. The summed E-state index contributed by atoms with van der Waals surface area (Å²) in [5.41, 5.74) is 0.940. The number of guanidine groups is 1. The van der Waals surface area contributed by atoms with Crippen molar-refractivity contribution in [1.82, 2.24) is 20.4 Å². The predicted octanol–water partition coefficient (Wildman–Crippen LogP) is 0.590. The van der Waals surface area contributed by atoms with E-state index < -0.39 is 0 Å². The molecule has 1 amide bonds. The van der Waals surface area contributed by atoms with E-state index in [9.17, 15) is 4.79 Å². The van der Waals surface area contributed by atoms with E-state index in [0.29, 0.717) is 37.5 Å². The molecule has 1 saturated heterocycles. The molecule has 128 valence electrons. The van der Waals surface area contributed by atoms with Crippen molar-refractivity contribution in [3.63, 3.8) is 0 Å². The van der Waals surface area contributed by atoms with Gasteiger partial charge in [0.15, 0.2) is 5.82 Å². The quantitative estimate of drug-likeness (QED) is 0.542. The van der Waals surface area contributed by atoms with E-state index in [-0.39, 0.29) is 5.91 Å². The van der Waals surface area contributed by atoms with Crippen molar-refractivity contribution in [3.8, 4) is 0 Å². The van der Waals surface area contributed by atoms with Crippen molar-refractivity contribution in [1.29, 1.82) is 0 Å². The number of hydrogen-bond donors (Lipinski definition) is 3. The van der Waals surface area contributed by atoms with Crippen LogP contribution < -0.4 is 10.6 Å². The Morgan fingerprint density at radius 2 is 2.22 bits per heavy atom. The van der Waals surface area contributed by atoms with Gasteiger partial charge in [0.1, 0.15) is 0 Å². The lowest BCUT2D eigenvalue weighted by Gasteiger charge is -2.25. The zero-order valence-electron chi connectivity index (χ0n) is 14.1. The molecule has 0 spiro atoms. The summed E-state index contributed by atoms with van der Waals surface area (Å²) in [4.78, 5) is 18.4. The molecule has 0 aromatic carbocycles. The van der Waals surface area contributed by atoms with Gasteiger partial charge in [-0.1, -0.05) is 13.8 Å². The van der Waals surface area contributed by atoms with Crippen molar-refractivity contribution >= 4 is 17.7 Å². The van der Waals surface area contributed by atoms with Crippen LogP contribution in [0.2, 0.25) is 0 Å². The largest absolute Gasteiger partial charge is 0.379 e. The molecule has 0 aliphatic carbocycles. The Hall–Kier alpha value is -1.93. The number of H-pyrrole nitrogens is 1. The fourth-order valence-corrected chi connectivity index (χ4v) is 2.13. The van der Waals surface area contributed by atoms with E-state index in [1.807, 2.05) is 17.9 Å². The normalized spacial score (nSPS) is 16.6. The molecule has 8 heteroatoms. The van der Waals surface area contributed by atoms with Gasteiger partial charge >= 0.3 is 0 Å². The number of carbonyl (C=O) groups excluding carboxylic acids is 1. The second-order valence-electron chi connectivity index (χ2n) is 6.08. The van der Waals surface area contributed by atoms with Gasteiger partial charge in [-0.25, -0.2) is 0 Å². The predicted molar refractivity (Wildman–Crippen MR) is 89.5 cm³/mol. The summed E-state index contributed by atoms with van der Waals surface area (Å²) < 4.78 is 5.28. The maximum Gasteiger partial charge on any atom is 0.263 e. The fourth-order valence-electron chi connectivity index (χ4n) is 2.13. The number of ether oxygens (including phenoxy) is 1. The van der Waals surface area contributed by atoms with E-state index in [2.05, 4.69) is 39.7 Å². The third kappa shape index (κ3) is 6.37. The monoisotopic (exact) mass is 322 g/mol. The molecule has 1 aliphatic rings. The Morgan fingerprint density at radius 3 is 2.83 bits per heavy atom. The number of aliphatic imine (C=N–C) groups is 1. The SMILES string of the molecule is Cc1cc(N/C(=N\C(=O)CN2CCOCC2)NCC(C)C)n[nH]1. The van der Waals surface area contributed by atoms with E-state index >= 15 is 0 Å². The highest BCUT2D eigenvalue weighted by Gasteiger charge is 2.15. The van der Waals surface area contributed by atoms with Crippen LogP contribution in [0, 0.1) is 12.8 Å². The number of rotatable bonds is 5. The van der Waals surface area contributed by atoms with Gasteiger partial charge in [-0.3, -0.25) is 14.8 Å². The number of aromatic amines is 1. The van der Waals surface area contributed by atoms with Crippen LogP contribution in [0.4, 0.5) is 5.82 Å². The minimum absolute atomic E-state index is 0.182. The number of anilines is 1. The number of nitrogens with one attached hydrogen (secondary N) is 3. The molecule has 2 rings (SSSR count). The van der Waals surface area contributed by atoms with Gasteiger partial charge in [-0.2, -0.15) is 10.1 Å². The molecule has 1 aliphatic heterocycles. The molecule has 2 heterocycles. The Kier molecular flexibility index (Phi) is 6.54. The molecule has 1 aromatic rings. The molecule has 0 atom stereocenters. The second-order valence-corrected chi connectivity index (χ2v) is 6.08. The van der Waals surface area contributed by atoms with Crippen molar-refractivity contribution < 1.29 is 9.53 Å². The molecular formula is C15H26N6O2. The van der Waals surface area contributed by atoms with Gasteiger partial charge in [0.05, 0.1) is 19.8 Å². The van der Waals surface area contributed by atoms with E-state index in [4.69, 9.17) is 4.74 Å². The molecule has 0 radical (unpaired) electrons.